The molecule has 0 amide bonds. The summed E-state index contributed by atoms with van der Waals surface area (Å²) in [4.78, 5) is 0. The molecule has 0 saturated carbocycles. The predicted molar refractivity (Wildman–Crippen MR) is 68.2 cm³/mol. The molecule has 21 heavy (non-hydrogen) atoms. The molecule has 2 N–H and O–H groups in total. The van der Waals surface area contributed by atoms with Crippen LogP contribution in [0.3, 0.4) is 0 Å². The minimum Gasteiger partial charge on any atom is -0.497 e. The van der Waals surface area contributed by atoms with Crippen LogP contribution in [-0.2, 0) is 4.74 Å². The molecule has 0 aliphatic rings. The Morgan fingerprint density at radius 1 is 1.10 bits per heavy atom. The maximum atomic E-state index is 12.7. The van der Waals surface area contributed by atoms with Crippen LogP contribution in [0.4, 0.5) is 17.6 Å². The molecule has 120 valence electrons. The van der Waals surface area contributed by atoms with Gasteiger partial charge in [0, 0.05) is 6.07 Å². The maximum Gasteiger partial charge on any atom is 0.330 e. The zero-order valence-electron chi connectivity index (χ0n) is 11.6. The molecular weight excluding hydrogens is 294 g/mol. The van der Waals surface area contributed by atoms with Gasteiger partial charge >= 0.3 is 12.3 Å². The van der Waals surface area contributed by atoms with E-state index in [4.69, 9.17) is 15.2 Å². The molecule has 1 atom stereocenters. The zero-order valence-corrected chi connectivity index (χ0v) is 11.6. The number of methoxy groups -OCH3 is 2. The monoisotopic (exact) mass is 311 g/mol. The van der Waals surface area contributed by atoms with E-state index in [9.17, 15) is 17.6 Å². The van der Waals surface area contributed by atoms with Gasteiger partial charge in [-0.3, -0.25) is 0 Å². The Morgan fingerprint density at radius 3 is 2.05 bits per heavy atom. The van der Waals surface area contributed by atoms with E-state index in [1.165, 1.54) is 14.2 Å². The average Bonchev–Trinajstić information content (AvgIpc) is 2.46. The van der Waals surface area contributed by atoms with Crippen molar-refractivity contribution < 1.29 is 31.8 Å². The lowest BCUT2D eigenvalue weighted by atomic mass is 10.1. The number of ether oxygens (including phenoxy) is 3. The van der Waals surface area contributed by atoms with Crippen LogP contribution in [0.1, 0.15) is 11.6 Å². The first-order chi connectivity index (χ1) is 9.80. The topological polar surface area (TPSA) is 53.7 Å². The maximum absolute atomic E-state index is 12.7. The lowest BCUT2D eigenvalue weighted by Gasteiger charge is -2.18. The first-order valence-electron chi connectivity index (χ1n) is 6.02. The summed E-state index contributed by atoms with van der Waals surface area (Å²) in [5, 5.41) is 0. The zero-order chi connectivity index (χ0) is 16.0. The first kappa shape index (κ1) is 17.5. The molecule has 0 aromatic heterocycles. The first-order valence-corrected chi connectivity index (χ1v) is 6.02. The molecule has 0 saturated heterocycles. The fourth-order valence-electron chi connectivity index (χ4n) is 1.52. The summed E-state index contributed by atoms with van der Waals surface area (Å²) >= 11 is 0. The van der Waals surface area contributed by atoms with Crippen molar-refractivity contribution in [2.75, 3.05) is 27.4 Å². The van der Waals surface area contributed by atoms with E-state index < -0.39 is 25.0 Å². The number of rotatable bonds is 8. The van der Waals surface area contributed by atoms with Crippen molar-refractivity contribution in [3.8, 4) is 11.5 Å². The highest BCUT2D eigenvalue weighted by molar-refractivity contribution is 5.39. The van der Waals surface area contributed by atoms with Gasteiger partial charge in [0.25, 0.3) is 0 Å². The SMILES string of the molecule is COc1cc(OC)cc(C(N)COCC(F)(F)C(F)F)c1. The Kier molecular flexibility index (Phi) is 6.22. The number of benzene rings is 1. The van der Waals surface area contributed by atoms with E-state index in [0.717, 1.165) is 0 Å². The molecule has 0 bridgehead atoms. The van der Waals surface area contributed by atoms with Crippen LogP contribution in [0.25, 0.3) is 0 Å². The third-order valence-corrected chi connectivity index (χ3v) is 2.71. The normalized spacial score (nSPS) is 13.3. The lowest BCUT2D eigenvalue weighted by Crippen LogP contribution is -2.33. The van der Waals surface area contributed by atoms with Gasteiger partial charge in [-0.25, -0.2) is 8.78 Å². The van der Waals surface area contributed by atoms with Gasteiger partial charge in [-0.05, 0) is 17.7 Å². The summed E-state index contributed by atoms with van der Waals surface area (Å²) < 4.78 is 64.0. The molecule has 0 spiro atoms. The quantitative estimate of drug-likeness (QED) is 0.750. The standard InChI is InChI=1S/C13H17F4NO3/c1-19-9-3-8(4-10(5-9)20-2)11(18)6-21-7-13(16,17)12(14)15/h3-5,11-12H,6-7,18H2,1-2H3. The highest BCUT2D eigenvalue weighted by Gasteiger charge is 2.41. The third kappa shape index (κ3) is 5.05. The highest BCUT2D eigenvalue weighted by atomic mass is 19.3. The summed E-state index contributed by atoms with van der Waals surface area (Å²) in [6.07, 6.45) is -3.77. The van der Waals surface area contributed by atoms with Crippen molar-refractivity contribution in [2.24, 2.45) is 5.73 Å². The van der Waals surface area contributed by atoms with E-state index in [1.54, 1.807) is 18.2 Å². The fourth-order valence-corrected chi connectivity index (χ4v) is 1.52. The molecule has 1 aromatic rings. The van der Waals surface area contributed by atoms with E-state index in [0.29, 0.717) is 17.1 Å². The number of hydrogen-bond acceptors (Lipinski definition) is 4. The van der Waals surface area contributed by atoms with E-state index >= 15 is 0 Å². The van der Waals surface area contributed by atoms with Crippen molar-refractivity contribution >= 4 is 0 Å². The van der Waals surface area contributed by atoms with Crippen molar-refractivity contribution in [1.29, 1.82) is 0 Å². The van der Waals surface area contributed by atoms with Crippen molar-refractivity contribution in [3.05, 3.63) is 23.8 Å². The van der Waals surface area contributed by atoms with Crippen molar-refractivity contribution in [3.63, 3.8) is 0 Å². The Bertz CT molecular complexity index is 435. The highest BCUT2D eigenvalue weighted by Crippen LogP contribution is 2.27. The molecule has 0 radical (unpaired) electrons. The van der Waals surface area contributed by atoms with Gasteiger partial charge in [0.05, 0.1) is 26.9 Å². The fraction of sp³-hybridized carbons (Fsp3) is 0.538. The van der Waals surface area contributed by atoms with Crippen LogP contribution in [0.5, 0.6) is 11.5 Å². The van der Waals surface area contributed by atoms with Crippen LogP contribution >= 0.6 is 0 Å². The minimum atomic E-state index is -4.19. The Labute approximate surface area is 119 Å². The van der Waals surface area contributed by atoms with Gasteiger partial charge < -0.3 is 19.9 Å². The van der Waals surface area contributed by atoms with Crippen molar-refractivity contribution in [1.82, 2.24) is 0 Å². The molecule has 0 aliphatic heterocycles. The van der Waals surface area contributed by atoms with Gasteiger partial charge in [0.15, 0.2) is 0 Å². The van der Waals surface area contributed by atoms with Crippen LogP contribution < -0.4 is 15.2 Å². The van der Waals surface area contributed by atoms with Gasteiger partial charge in [-0.1, -0.05) is 0 Å². The molecule has 1 aromatic carbocycles. The Balaban J connectivity index is 2.65. The summed E-state index contributed by atoms with van der Waals surface area (Å²) in [5.41, 5.74) is 6.30. The summed E-state index contributed by atoms with van der Waals surface area (Å²) in [6, 6.07) is 4.01. The molecule has 0 heterocycles. The average molecular weight is 311 g/mol. The molecular formula is C13H17F4NO3. The van der Waals surface area contributed by atoms with Gasteiger partial charge in [0.2, 0.25) is 0 Å². The molecule has 0 aliphatic carbocycles. The number of alkyl halides is 4. The second kappa shape index (κ2) is 7.46. The molecule has 1 rings (SSSR count). The van der Waals surface area contributed by atoms with E-state index in [-0.39, 0.29) is 6.61 Å². The predicted octanol–water partition coefficient (Wildman–Crippen LogP) is 2.62. The van der Waals surface area contributed by atoms with Crippen LogP contribution in [0.15, 0.2) is 18.2 Å². The number of nitrogens with two attached hydrogens (primary N) is 1. The lowest BCUT2D eigenvalue weighted by molar-refractivity contribution is -0.166. The number of halogens is 4. The van der Waals surface area contributed by atoms with E-state index in [2.05, 4.69) is 4.74 Å². The summed E-state index contributed by atoms with van der Waals surface area (Å²) in [6.45, 7) is -1.72. The van der Waals surface area contributed by atoms with Gasteiger partial charge in [-0.15, -0.1) is 0 Å². The Hall–Kier alpha value is -1.54. The molecule has 8 heteroatoms. The van der Waals surface area contributed by atoms with Crippen LogP contribution in [0, 0.1) is 0 Å². The largest absolute Gasteiger partial charge is 0.497 e. The summed E-state index contributed by atoms with van der Waals surface area (Å²) in [5.74, 6) is -3.25. The van der Waals surface area contributed by atoms with Crippen molar-refractivity contribution in [2.45, 2.75) is 18.4 Å². The second-order valence-electron chi connectivity index (χ2n) is 4.33. The third-order valence-electron chi connectivity index (χ3n) is 2.71. The molecule has 4 nitrogen and oxygen atoms in total. The molecule has 0 fully saturated rings. The van der Waals surface area contributed by atoms with Crippen LogP contribution in [-0.4, -0.2) is 39.8 Å². The van der Waals surface area contributed by atoms with E-state index in [1.807, 2.05) is 0 Å². The molecule has 1 unspecified atom stereocenters. The summed E-state index contributed by atoms with van der Waals surface area (Å²) in [7, 11) is 2.90. The van der Waals surface area contributed by atoms with Gasteiger partial charge in [-0.2, -0.15) is 8.78 Å². The smallest absolute Gasteiger partial charge is 0.330 e. The van der Waals surface area contributed by atoms with Gasteiger partial charge in [0.1, 0.15) is 18.1 Å². The second-order valence-corrected chi connectivity index (χ2v) is 4.33. The number of hydrogen-bond donors (Lipinski definition) is 1. The minimum absolute atomic E-state index is 0.335. The Morgan fingerprint density at radius 2 is 1.62 bits per heavy atom. The van der Waals surface area contributed by atoms with Crippen LogP contribution in [0.2, 0.25) is 0 Å².